The van der Waals surface area contributed by atoms with Crippen LogP contribution in [0.25, 0.3) is 11.1 Å². The quantitative estimate of drug-likeness (QED) is 0.713. The van der Waals surface area contributed by atoms with Crippen LogP contribution in [0.5, 0.6) is 0 Å². The molecule has 1 aromatic heterocycles. The third-order valence-electron chi connectivity index (χ3n) is 1.78. The lowest BCUT2D eigenvalue weighted by Crippen LogP contribution is -1.82. The molecule has 0 spiro atoms. The molecule has 66 valence electrons. The van der Waals surface area contributed by atoms with Crippen molar-refractivity contribution in [3.63, 3.8) is 0 Å². The highest BCUT2D eigenvalue weighted by Crippen LogP contribution is 2.28. The number of hydrogen-bond acceptors (Lipinski definition) is 1. The zero-order valence-corrected chi connectivity index (χ0v) is 9.03. The van der Waals surface area contributed by atoms with Crippen molar-refractivity contribution in [1.82, 2.24) is 0 Å². The smallest absolute Gasteiger partial charge is 0.145 e. The Bertz CT molecular complexity index is 409. The highest BCUT2D eigenvalue weighted by molar-refractivity contribution is 9.10. The SMILES string of the molecule is Fc1c(Br)cccc1-c1ccsc1. The minimum absolute atomic E-state index is 0.194. The second-order valence-corrected chi connectivity index (χ2v) is 4.25. The normalized spacial score (nSPS) is 10.3. The van der Waals surface area contributed by atoms with Crippen LogP contribution in [0.4, 0.5) is 4.39 Å². The van der Waals surface area contributed by atoms with E-state index in [-0.39, 0.29) is 5.82 Å². The topological polar surface area (TPSA) is 0 Å². The first-order valence-electron chi connectivity index (χ1n) is 3.75. The van der Waals surface area contributed by atoms with Crippen molar-refractivity contribution in [2.45, 2.75) is 0 Å². The first kappa shape index (κ1) is 8.91. The van der Waals surface area contributed by atoms with Gasteiger partial charge in [-0.1, -0.05) is 12.1 Å². The molecule has 0 N–H and O–H groups in total. The fraction of sp³-hybridized carbons (Fsp3) is 0. The maximum atomic E-state index is 13.5. The fourth-order valence-corrected chi connectivity index (χ4v) is 2.17. The number of hydrogen-bond donors (Lipinski definition) is 0. The summed E-state index contributed by atoms with van der Waals surface area (Å²) in [7, 11) is 0. The third kappa shape index (κ3) is 1.67. The Kier molecular flexibility index (Phi) is 2.47. The van der Waals surface area contributed by atoms with Gasteiger partial charge < -0.3 is 0 Å². The van der Waals surface area contributed by atoms with E-state index in [1.807, 2.05) is 22.9 Å². The van der Waals surface area contributed by atoms with Crippen LogP contribution in [0.15, 0.2) is 39.5 Å². The number of rotatable bonds is 1. The average Bonchev–Trinajstić information content (AvgIpc) is 2.62. The standard InChI is InChI=1S/C10H6BrFS/c11-9-3-1-2-8(10(9)12)7-4-5-13-6-7/h1-6H. The molecular weight excluding hydrogens is 251 g/mol. The Morgan fingerprint density at radius 3 is 2.77 bits per heavy atom. The lowest BCUT2D eigenvalue weighted by molar-refractivity contribution is 0.625. The Morgan fingerprint density at radius 1 is 1.23 bits per heavy atom. The van der Waals surface area contributed by atoms with Crippen LogP contribution in [0.2, 0.25) is 0 Å². The van der Waals surface area contributed by atoms with Crippen LogP contribution in [-0.2, 0) is 0 Å². The lowest BCUT2D eigenvalue weighted by Gasteiger charge is -2.01. The van der Waals surface area contributed by atoms with Crippen molar-refractivity contribution in [2.24, 2.45) is 0 Å². The first-order valence-corrected chi connectivity index (χ1v) is 5.49. The van der Waals surface area contributed by atoms with Gasteiger partial charge in [-0.15, -0.1) is 0 Å². The molecule has 0 saturated heterocycles. The van der Waals surface area contributed by atoms with Gasteiger partial charge in [-0.25, -0.2) is 4.39 Å². The largest absolute Gasteiger partial charge is 0.205 e. The zero-order valence-electron chi connectivity index (χ0n) is 6.63. The maximum Gasteiger partial charge on any atom is 0.145 e. The van der Waals surface area contributed by atoms with Crippen LogP contribution >= 0.6 is 27.3 Å². The van der Waals surface area contributed by atoms with Gasteiger partial charge in [0.1, 0.15) is 5.82 Å². The van der Waals surface area contributed by atoms with E-state index in [2.05, 4.69) is 15.9 Å². The Labute approximate surface area is 88.2 Å². The fourth-order valence-electron chi connectivity index (χ4n) is 1.14. The van der Waals surface area contributed by atoms with E-state index in [1.54, 1.807) is 23.5 Å². The molecule has 0 bridgehead atoms. The van der Waals surface area contributed by atoms with E-state index in [0.717, 1.165) is 5.56 Å². The van der Waals surface area contributed by atoms with Gasteiger partial charge in [-0.05, 0) is 44.4 Å². The van der Waals surface area contributed by atoms with Gasteiger partial charge in [0.2, 0.25) is 0 Å². The van der Waals surface area contributed by atoms with Gasteiger partial charge in [0.15, 0.2) is 0 Å². The van der Waals surface area contributed by atoms with Crippen LogP contribution < -0.4 is 0 Å². The Balaban J connectivity index is 2.59. The number of thiophene rings is 1. The molecule has 0 saturated carbocycles. The molecule has 0 amide bonds. The Hall–Kier alpha value is -0.670. The summed E-state index contributed by atoms with van der Waals surface area (Å²) < 4.78 is 14.0. The lowest BCUT2D eigenvalue weighted by atomic mass is 10.1. The van der Waals surface area contributed by atoms with Crippen molar-refractivity contribution in [3.8, 4) is 11.1 Å². The minimum Gasteiger partial charge on any atom is -0.205 e. The van der Waals surface area contributed by atoms with Gasteiger partial charge in [0.25, 0.3) is 0 Å². The van der Waals surface area contributed by atoms with Gasteiger partial charge in [-0.2, -0.15) is 11.3 Å². The van der Waals surface area contributed by atoms with Crippen LogP contribution in [-0.4, -0.2) is 0 Å². The molecular formula is C10H6BrFS. The van der Waals surface area contributed by atoms with E-state index in [1.165, 1.54) is 0 Å². The summed E-state index contributed by atoms with van der Waals surface area (Å²) >= 11 is 4.73. The number of halogens is 2. The predicted molar refractivity (Wildman–Crippen MR) is 57.4 cm³/mol. The highest BCUT2D eigenvalue weighted by atomic mass is 79.9. The highest BCUT2D eigenvalue weighted by Gasteiger charge is 2.07. The second-order valence-electron chi connectivity index (χ2n) is 2.61. The minimum atomic E-state index is -0.194. The van der Waals surface area contributed by atoms with Crippen molar-refractivity contribution < 1.29 is 4.39 Å². The molecule has 0 aliphatic rings. The molecule has 13 heavy (non-hydrogen) atoms. The molecule has 0 atom stereocenters. The molecule has 0 nitrogen and oxygen atoms in total. The molecule has 0 aliphatic carbocycles. The molecule has 0 radical (unpaired) electrons. The molecule has 2 rings (SSSR count). The molecule has 0 unspecified atom stereocenters. The van der Waals surface area contributed by atoms with Crippen LogP contribution in [0.1, 0.15) is 0 Å². The molecule has 1 aromatic carbocycles. The first-order chi connectivity index (χ1) is 6.29. The summed E-state index contributed by atoms with van der Waals surface area (Å²) in [5.74, 6) is -0.194. The maximum absolute atomic E-state index is 13.5. The van der Waals surface area contributed by atoms with E-state index in [0.29, 0.717) is 10.0 Å². The Morgan fingerprint density at radius 2 is 2.08 bits per heavy atom. The van der Waals surface area contributed by atoms with Crippen LogP contribution in [0, 0.1) is 5.82 Å². The third-order valence-corrected chi connectivity index (χ3v) is 3.08. The summed E-state index contributed by atoms with van der Waals surface area (Å²) in [5, 5.41) is 3.88. The summed E-state index contributed by atoms with van der Waals surface area (Å²) in [6, 6.07) is 7.23. The van der Waals surface area contributed by atoms with Gasteiger partial charge in [0, 0.05) is 5.56 Å². The molecule has 3 heteroatoms. The molecule has 2 aromatic rings. The van der Waals surface area contributed by atoms with E-state index in [4.69, 9.17) is 0 Å². The van der Waals surface area contributed by atoms with Crippen molar-refractivity contribution in [1.29, 1.82) is 0 Å². The van der Waals surface area contributed by atoms with Gasteiger partial charge in [0.05, 0.1) is 4.47 Å². The predicted octanol–water partition coefficient (Wildman–Crippen LogP) is 4.32. The summed E-state index contributed by atoms with van der Waals surface area (Å²) in [6.07, 6.45) is 0. The second kappa shape index (κ2) is 3.60. The average molecular weight is 257 g/mol. The van der Waals surface area contributed by atoms with Gasteiger partial charge in [-0.3, -0.25) is 0 Å². The monoisotopic (exact) mass is 256 g/mol. The van der Waals surface area contributed by atoms with E-state index in [9.17, 15) is 4.39 Å². The van der Waals surface area contributed by atoms with E-state index >= 15 is 0 Å². The molecule has 1 heterocycles. The molecule has 0 aliphatic heterocycles. The summed E-state index contributed by atoms with van der Waals surface area (Å²) in [4.78, 5) is 0. The van der Waals surface area contributed by atoms with Crippen molar-refractivity contribution in [3.05, 3.63) is 45.3 Å². The summed E-state index contributed by atoms with van der Waals surface area (Å²) in [5.41, 5.74) is 1.58. The van der Waals surface area contributed by atoms with E-state index < -0.39 is 0 Å². The van der Waals surface area contributed by atoms with Crippen LogP contribution in [0.3, 0.4) is 0 Å². The summed E-state index contributed by atoms with van der Waals surface area (Å²) in [6.45, 7) is 0. The number of benzene rings is 1. The van der Waals surface area contributed by atoms with Crippen molar-refractivity contribution in [2.75, 3.05) is 0 Å². The molecule has 0 fully saturated rings. The van der Waals surface area contributed by atoms with Gasteiger partial charge >= 0.3 is 0 Å². The van der Waals surface area contributed by atoms with Crippen molar-refractivity contribution >= 4 is 27.3 Å². The zero-order chi connectivity index (χ0) is 9.26.